The zero-order valence-electron chi connectivity index (χ0n) is 18.2. The Kier molecular flexibility index (Phi) is 7.24. The summed E-state index contributed by atoms with van der Waals surface area (Å²) in [5.74, 6) is -0.179. The van der Waals surface area contributed by atoms with Crippen LogP contribution in [0.5, 0.6) is 0 Å². The molecule has 0 bridgehead atoms. The number of hydrogen-bond acceptors (Lipinski definition) is 6. The zero-order valence-corrected chi connectivity index (χ0v) is 19.0. The van der Waals surface area contributed by atoms with E-state index in [9.17, 15) is 9.59 Å². The predicted molar refractivity (Wildman–Crippen MR) is 128 cm³/mol. The highest BCUT2D eigenvalue weighted by molar-refractivity contribution is 7.18. The fourth-order valence-electron chi connectivity index (χ4n) is 3.80. The number of carbonyl (C=O) groups is 2. The molecule has 32 heavy (non-hydrogen) atoms. The number of rotatable bonds is 8. The lowest BCUT2D eigenvalue weighted by atomic mass is 10.2. The molecular formula is C24H28N4O3S. The number of hydrogen-bond donors (Lipinski definition) is 2. The second-order valence-electron chi connectivity index (χ2n) is 7.83. The maximum Gasteiger partial charge on any atom is 0.291 e. The maximum absolute atomic E-state index is 12.6. The van der Waals surface area contributed by atoms with Gasteiger partial charge in [-0.3, -0.25) is 14.5 Å². The number of amides is 2. The van der Waals surface area contributed by atoms with Gasteiger partial charge in [0, 0.05) is 38.4 Å². The molecule has 7 nitrogen and oxygen atoms in total. The van der Waals surface area contributed by atoms with Crippen LogP contribution in [0.15, 0.2) is 59.2 Å². The number of piperazine rings is 1. The Morgan fingerprint density at radius 2 is 1.81 bits per heavy atom. The van der Waals surface area contributed by atoms with Crippen molar-refractivity contribution in [3.8, 4) is 0 Å². The quantitative estimate of drug-likeness (QED) is 0.508. The summed E-state index contributed by atoms with van der Waals surface area (Å²) < 4.78 is 5.10. The van der Waals surface area contributed by atoms with E-state index >= 15 is 0 Å². The molecule has 2 amide bonds. The Labute approximate surface area is 192 Å². The minimum absolute atomic E-state index is 0.0973. The number of benzene rings is 1. The van der Waals surface area contributed by atoms with Gasteiger partial charge in [-0.15, -0.1) is 11.3 Å². The largest absolute Gasteiger partial charge is 0.459 e. The van der Waals surface area contributed by atoms with Crippen molar-refractivity contribution in [1.82, 2.24) is 10.2 Å². The first-order valence-corrected chi connectivity index (χ1v) is 11.7. The second kappa shape index (κ2) is 10.5. The van der Waals surface area contributed by atoms with Crippen LogP contribution in [0.3, 0.4) is 0 Å². The van der Waals surface area contributed by atoms with Crippen LogP contribution in [0.2, 0.25) is 0 Å². The molecule has 1 aliphatic heterocycles. The normalized spacial score (nSPS) is 14.3. The molecule has 3 heterocycles. The number of aryl methyl sites for hydroxylation is 1. The van der Waals surface area contributed by atoms with Crippen LogP contribution in [0.25, 0.3) is 0 Å². The van der Waals surface area contributed by atoms with E-state index in [4.69, 9.17) is 4.42 Å². The SMILES string of the molecule is Cc1cc(NC(=O)c2ccco2)sc1C(=O)NCCCN1CCN(c2ccccc2)CC1. The van der Waals surface area contributed by atoms with Crippen molar-refractivity contribution in [2.45, 2.75) is 13.3 Å². The fourth-order valence-corrected chi connectivity index (χ4v) is 4.79. The van der Waals surface area contributed by atoms with Gasteiger partial charge in [0.1, 0.15) is 0 Å². The number of anilines is 2. The van der Waals surface area contributed by atoms with Crippen molar-refractivity contribution in [3.05, 3.63) is 71.0 Å². The molecule has 0 radical (unpaired) electrons. The standard InChI is InChI=1S/C24H28N4O3S/c1-18-17-21(26-23(29)20-9-5-16-31-20)32-22(18)24(30)25-10-6-11-27-12-14-28(15-13-27)19-7-3-2-4-8-19/h2-5,7-9,16-17H,6,10-15H2,1H3,(H,25,30)(H,26,29). The fraction of sp³-hybridized carbons (Fsp3) is 0.333. The van der Waals surface area contributed by atoms with Crippen molar-refractivity contribution in [1.29, 1.82) is 0 Å². The van der Waals surface area contributed by atoms with Crippen molar-refractivity contribution >= 4 is 33.8 Å². The van der Waals surface area contributed by atoms with Crippen LogP contribution >= 0.6 is 11.3 Å². The van der Waals surface area contributed by atoms with Gasteiger partial charge in [-0.2, -0.15) is 0 Å². The molecule has 0 unspecified atom stereocenters. The van der Waals surface area contributed by atoms with Gasteiger partial charge in [-0.25, -0.2) is 0 Å². The van der Waals surface area contributed by atoms with E-state index in [0.717, 1.165) is 44.7 Å². The monoisotopic (exact) mass is 452 g/mol. The highest BCUT2D eigenvalue weighted by Crippen LogP contribution is 2.27. The zero-order chi connectivity index (χ0) is 22.3. The second-order valence-corrected chi connectivity index (χ2v) is 8.88. The summed E-state index contributed by atoms with van der Waals surface area (Å²) in [4.78, 5) is 30.2. The average Bonchev–Trinajstić information content (AvgIpc) is 3.48. The van der Waals surface area contributed by atoms with Crippen molar-refractivity contribution in [2.24, 2.45) is 0 Å². The molecule has 0 saturated carbocycles. The molecule has 1 aromatic carbocycles. The van der Waals surface area contributed by atoms with E-state index < -0.39 is 0 Å². The number of para-hydroxylation sites is 1. The maximum atomic E-state index is 12.6. The predicted octanol–water partition coefficient (Wildman–Crippen LogP) is 3.84. The lowest BCUT2D eigenvalue weighted by molar-refractivity contribution is 0.0953. The van der Waals surface area contributed by atoms with Crippen LogP contribution in [-0.4, -0.2) is 56.0 Å². The highest BCUT2D eigenvalue weighted by Gasteiger charge is 2.18. The molecule has 1 fully saturated rings. The molecule has 0 aliphatic carbocycles. The molecular weight excluding hydrogens is 424 g/mol. The molecule has 2 aromatic heterocycles. The van der Waals surface area contributed by atoms with E-state index in [-0.39, 0.29) is 17.6 Å². The molecule has 0 atom stereocenters. The Balaban J connectivity index is 1.18. The van der Waals surface area contributed by atoms with Crippen LogP contribution in [0.4, 0.5) is 10.7 Å². The summed E-state index contributed by atoms with van der Waals surface area (Å²) in [5.41, 5.74) is 2.13. The summed E-state index contributed by atoms with van der Waals surface area (Å²) >= 11 is 1.28. The first-order chi connectivity index (χ1) is 15.6. The molecule has 168 valence electrons. The molecule has 8 heteroatoms. The molecule has 0 spiro atoms. The average molecular weight is 453 g/mol. The lowest BCUT2D eigenvalue weighted by Crippen LogP contribution is -2.47. The third-order valence-corrected chi connectivity index (χ3v) is 6.69. The highest BCUT2D eigenvalue weighted by atomic mass is 32.1. The number of nitrogens with zero attached hydrogens (tertiary/aromatic N) is 2. The third-order valence-electron chi connectivity index (χ3n) is 5.54. The van der Waals surface area contributed by atoms with Crippen molar-refractivity contribution < 1.29 is 14.0 Å². The Hall–Kier alpha value is -3.10. The summed E-state index contributed by atoms with van der Waals surface area (Å²) in [5, 5.41) is 6.42. The molecule has 1 saturated heterocycles. The third kappa shape index (κ3) is 5.57. The van der Waals surface area contributed by atoms with Crippen LogP contribution in [0.1, 0.15) is 32.2 Å². The van der Waals surface area contributed by atoms with E-state index in [1.807, 2.05) is 19.1 Å². The van der Waals surface area contributed by atoms with Crippen LogP contribution in [0, 0.1) is 6.92 Å². The topological polar surface area (TPSA) is 77.8 Å². The lowest BCUT2D eigenvalue weighted by Gasteiger charge is -2.36. The number of thiophene rings is 1. The van der Waals surface area contributed by atoms with Gasteiger partial charge in [-0.05, 0) is 55.8 Å². The molecule has 4 rings (SSSR count). The first kappa shape index (κ1) is 22.1. The number of nitrogens with one attached hydrogen (secondary N) is 2. The number of carbonyl (C=O) groups excluding carboxylic acids is 2. The summed E-state index contributed by atoms with van der Waals surface area (Å²) in [6, 6.07) is 15.6. The van der Waals surface area contributed by atoms with Gasteiger partial charge in [0.15, 0.2) is 5.76 Å². The van der Waals surface area contributed by atoms with Gasteiger partial charge < -0.3 is 20.0 Å². The summed E-state index contributed by atoms with van der Waals surface area (Å²) in [7, 11) is 0. The van der Waals surface area contributed by atoms with Crippen LogP contribution in [-0.2, 0) is 0 Å². The van der Waals surface area contributed by atoms with Crippen molar-refractivity contribution in [3.63, 3.8) is 0 Å². The minimum atomic E-state index is -0.324. The Morgan fingerprint density at radius 3 is 2.53 bits per heavy atom. The molecule has 3 aromatic rings. The van der Waals surface area contributed by atoms with E-state index in [0.29, 0.717) is 16.4 Å². The minimum Gasteiger partial charge on any atom is -0.459 e. The Bertz CT molecular complexity index is 1020. The summed E-state index contributed by atoms with van der Waals surface area (Å²) in [6.45, 7) is 7.59. The van der Waals surface area contributed by atoms with Crippen molar-refractivity contribution in [2.75, 3.05) is 49.5 Å². The summed E-state index contributed by atoms with van der Waals surface area (Å²) in [6.07, 6.45) is 2.36. The Morgan fingerprint density at radius 1 is 1.03 bits per heavy atom. The van der Waals surface area contributed by atoms with Gasteiger partial charge in [0.05, 0.1) is 16.1 Å². The van der Waals surface area contributed by atoms with Gasteiger partial charge in [0.2, 0.25) is 0 Å². The van der Waals surface area contributed by atoms with E-state index in [1.165, 1.54) is 23.3 Å². The van der Waals surface area contributed by atoms with E-state index in [2.05, 4.69) is 44.7 Å². The molecule has 1 aliphatic rings. The van der Waals surface area contributed by atoms with Crippen LogP contribution < -0.4 is 15.5 Å². The van der Waals surface area contributed by atoms with E-state index in [1.54, 1.807) is 12.1 Å². The first-order valence-electron chi connectivity index (χ1n) is 10.9. The van der Waals surface area contributed by atoms with Gasteiger partial charge >= 0.3 is 0 Å². The molecule has 2 N–H and O–H groups in total. The smallest absolute Gasteiger partial charge is 0.291 e. The number of furan rings is 1. The van der Waals surface area contributed by atoms with Gasteiger partial charge in [0.25, 0.3) is 11.8 Å². The van der Waals surface area contributed by atoms with Gasteiger partial charge in [-0.1, -0.05) is 18.2 Å².